The first-order valence-corrected chi connectivity index (χ1v) is 10.9. The highest BCUT2D eigenvalue weighted by atomic mass is 32.2. The van der Waals surface area contributed by atoms with Crippen LogP contribution in [0.5, 0.6) is 5.75 Å². The lowest BCUT2D eigenvalue weighted by molar-refractivity contribution is 0.115. The van der Waals surface area contributed by atoms with E-state index in [9.17, 15) is 9.59 Å². The maximum Gasteiger partial charge on any atom is 0.415 e. The molecule has 0 spiro atoms. The molecule has 1 aromatic rings. The molecule has 3 saturated heterocycles. The van der Waals surface area contributed by atoms with E-state index in [2.05, 4.69) is 15.0 Å². The molecular weight excluding hydrogens is 401 g/mol. The van der Waals surface area contributed by atoms with Crippen LogP contribution in [0.25, 0.3) is 0 Å². The van der Waals surface area contributed by atoms with Crippen LogP contribution in [0.1, 0.15) is 12.8 Å². The Morgan fingerprint density at radius 3 is 2.79 bits per heavy atom. The van der Waals surface area contributed by atoms with Gasteiger partial charge in [0, 0.05) is 35.7 Å². The number of amides is 2. The van der Waals surface area contributed by atoms with Gasteiger partial charge in [-0.2, -0.15) is 11.8 Å². The number of nitrogens with zero attached hydrogens (tertiary/aromatic N) is 2. The molecular formula is C19H22FN3O5S. The van der Waals surface area contributed by atoms with Crippen molar-refractivity contribution in [2.45, 2.75) is 37.1 Å². The number of ether oxygens (including phenoxy) is 3. The number of carbonyl (C=O) groups is 2. The van der Waals surface area contributed by atoms with E-state index in [4.69, 9.17) is 9.47 Å². The molecule has 4 heterocycles. The van der Waals surface area contributed by atoms with Gasteiger partial charge in [-0.25, -0.2) is 14.0 Å². The molecule has 4 aliphatic rings. The number of rotatable bonds is 3. The largest absolute Gasteiger partial charge is 0.489 e. The number of fused-ring (bicyclic) bond motifs is 5. The van der Waals surface area contributed by atoms with Gasteiger partial charge in [-0.3, -0.25) is 4.90 Å². The summed E-state index contributed by atoms with van der Waals surface area (Å²) in [7, 11) is 1.26. The van der Waals surface area contributed by atoms with Crippen LogP contribution in [-0.4, -0.2) is 68.2 Å². The minimum atomic E-state index is -0.610. The highest BCUT2D eigenvalue weighted by Gasteiger charge is 2.47. The van der Waals surface area contributed by atoms with Crippen molar-refractivity contribution in [1.29, 1.82) is 0 Å². The molecule has 4 aliphatic heterocycles. The van der Waals surface area contributed by atoms with Gasteiger partial charge in [0.05, 0.1) is 25.0 Å². The Hall–Kier alpha value is -2.36. The third-order valence-electron chi connectivity index (χ3n) is 6.06. The van der Waals surface area contributed by atoms with Gasteiger partial charge < -0.3 is 24.4 Å². The number of hydrogen-bond donors (Lipinski definition) is 1. The van der Waals surface area contributed by atoms with Crippen LogP contribution < -0.4 is 19.9 Å². The van der Waals surface area contributed by atoms with E-state index >= 15 is 4.39 Å². The Morgan fingerprint density at radius 1 is 1.31 bits per heavy atom. The van der Waals surface area contributed by atoms with Gasteiger partial charge >= 0.3 is 12.2 Å². The summed E-state index contributed by atoms with van der Waals surface area (Å²) < 4.78 is 31.0. The van der Waals surface area contributed by atoms with Gasteiger partial charge in [-0.05, 0) is 12.8 Å². The monoisotopic (exact) mass is 423 g/mol. The highest BCUT2D eigenvalue weighted by Crippen LogP contribution is 2.45. The first-order valence-electron chi connectivity index (χ1n) is 9.71. The fraction of sp³-hybridized carbons (Fsp3) is 0.579. The Labute approximate surface area is 171 Å². The average molecular weight is 423 g/mol. The number of nitrogens with one attached hydrogen (secondary N) is 1. The molecule has 8 nitrogen and oxygen atoms in total. The number of thioether (sulfide) groups is 1. The van der Waals surface area contributed by atoms with Crippen LogP contribution >= 0.6 is 11.8 Å². The SMILES string of the molecule is COC(=O)NC[C@@H]1OC(=O)N2c3cc(F)c(N4[C@@H]5CC[C@H]4CSC5)cc3OC[C@@H]12. The van der Waals surface area contributed by atoms with E-state index in [1.165, 1.54) is 18.1 Å². The van der Waals surface area contributed by atoms with Crippen LogP contribution in [0.15, 0.2) is 12.1 Å². The number of alkyl carbamates (subject to hydrolysis) is 1. The molecule has 1 aromatic carbocycles. The zero-order valence-corrected chi connectivity index (χ0v) is 16.7. The molecule has 2 amide bonds. The Morgan fingerprint density at radius 2 is 2.07 bits per heavy atom. The number of anilines is 2. The second kappa shape index (κ2) is 7.16. The van der Waals surface area contributed by atoms with Gasteiger partial charge in [0.25, 0.3) is 0 Å². The molecule has 10 heteroatoms. The maximum atomic E-state index is 15.2. The van der Waals surface area contributed by atoms with Crippen molar-refractivity contribution in [3.63, 3.8) is 0 Å². The zero-order valence-electron chi connectivity index (χ0n) is 15.9. The van der Waals surface area contributed by atoms with E-state index in [1.807, 2.05) is 11.8 Å². The first-order chi connectivity index (χ1) is 14.1. The summed E-state index contributed by atoms with van der Waals surface area (Å²) >= 11 is 1.92. The van der Waals surface area contributed by atoms with Crippen LogP contribution in [0.4, 0.5) is 25.4 Å². The van der Waals surface area contributed by atoms with Gasteiger partial charge in [-0.15, -0.1) is 0 Å². The zero-order chi connectivity index (χ0) is 20.1. The molecule has 4 atom stereocenters. The van der Waals surface area contributed by atoms with E-state index in [0.717, 1.165) is 24.3 Å². The van der Waals surface area contributed by atoms with Gasteiger partial charge in [0.15, 0.2) is 0 Å². The number of carbonyl (C=O) groups excluding carboxylic acids is 2. The van der Waals surface area contributed by atoms with E-state index < -0.39 is 24.3 Å². The molecule has 0 aliphatic carbocycles. The molecule has 0 radical (unpaired) electrons. The smallest absolute Gasteiger partial charge is 0.415 e. The van der Waals surface area contributed by atoms with Crippen molar-refractivity contribution in [3.8, 4) is 5.75 Å². The summed E-state index contributed by atoms with van der Waals surface area (Å²) in [6, 6.07) is 3.33. The summed E-state index contributed by atoms with van der Waals surface area (Å²) in [6.45, 7) is 0.299. The van der Waals surface area contributed by atoms with Crippen LogP contribution in [0.2, 0.25) is 0 Å². The summed E-state index contributed by atoms with van der Waals surface area (Å²) in [5, 5.41) is 2.53. The summed E-state index contributed by atoms with van der Waals surface area (Å²) in [6.07, 6.45) is 0.362. The quantitative estimate of drug-likeness (QED) is 0.799. The normalized spacial score (nSPS) is 29.7. The number of hydrogen-bond acceptors (Lipinski definition) is 7. The predicted molar refractivity (Wildman–Crippen MR) is 105 cm³/mol. The van der Waals surface area contributed by atoms with Crippen molar-refractivity contribution >= 4 is 35.3 Å². The van der Waals surface area contributed by atoms with Gasteiger partial charge in [0.2, 0.25) is 0 Å². The minimum Gasteiger partial charge on any atom is -0.489 e. The lowest BCUT2D eigenvalue weighted by Gasteiger charge is -2.38. The molecule has 0 unspecified atom stereocenters. The minimum absolute atomic E-state index is 0.0909. The molecule has 0 aromatic heterocycles. The third kappa shape index (κ3) is 3.04. The summed E-state index contributed by atoms with van der Waals surface area (Å²) in [5.41, 5.74) is 0.915. The van der Waals surface area contributed by atoms with Gasteiger partial charge in [-0.1, -0.05) is 0 Å². The molecule has 0 saturated carbocycles. The van der Waals surface area contributed by atoms with E-state index in [-0.39, 0.29) is 19.0 Å². The van der Waals surface area contributed by atoms with Crippen molar-refractivity contribution in [2.24, 2.45) is 0 Å². The topological polar surface area (TPSA) is 80.3 Å². The van der Waals surface area contributed by atoms with Crippen LogP contribution in [0, 0.1) is 5.82 Å². The standard InChI is InChI=1S/C19H22FN3O5S/c1-26-18(24)21-6-17-15-7-27-16-5-13(22-10-2-3-11(22)9-29-8-10)12(20)4-14(16)23(15)19(25)28-17/h4-5,10-11,15,17H,2-3,6-9H2,1H3,(H,21,24)/t10-,11+,15-,17-/m0/s1. The average Bonchev–Trinajstić information content (AvgIpc) is 3.17. The van der Waals surface area contributed by atoms with Crippen molar-refractivity contribution in [3.05, 3.63) is 17.9 Å². The second-order valence-electron chi connectivity index (χ2n) is 7.64. The molecule has 3 fully saturated rings. The van der Waals surface area contributed by atoms with E-state index in [0.29, 0.717) is 29.2 Å². The summed E-state index contributed by atoms with van der Waals surface area (Å²) in [5.74, 6) is 2.13. The Balaban J connectivity index is 1.41. The lowest BCUT2D eigenvalue weighted by atomic mass is 10.1. The third-order valence-corrected chi connectivity index (χ3v) is 7.30. The molecule has 29 heavy (non-hydrogen) atoms. The molecule has 1 N–H and O–H groups in total. The Bertz CT molecular complexity index is 839. The van der Waals surface area contributed by atoms with Crippen molar-refractivity contribution < 1.29 is 28.2 Å². The Kier molecular flexibility index (Phi) is 4.60. The summed E-state index contributed by atoms with van der Waals surface area (Å²) in [4.78, 5) is 27.4. The molecule has 156 valence electrons. The fourth-order valence-corrected chi connectivity index (χ4v) is 6.02. The van der Waals surface area contributed by atoms with Crippen LogP contribution in [0.3, 0.4) is 0 Å². The highest BCUT2D eigenvalue weighted by molar-refractivity contribution is 7.99. The molecule has 5 rings (SSSR count). The van der Waals surface area contributed by atoms with Crippen molar-refractivity contribution in [2.75, 3.05) is 41.6 Å². The maximum absolute atomic E-state index is 15.2. The van der Waals surface area contributed by atoms with Crippen LogP contribution in [-0.2, 0) is 9.47 Å². The van der Waals surface area contributed by atoms with E-state index in [1.54, 1.807) is 6.07 Å². The van der Waals surface area contributed by atoms with Crippen molar-refractivity contribution in [1.82, 2.24) is 5.32 Å². The number of methoxy groups -OCH3 is 1. The molecule has 2 bridgehead atoms. The lowest BCUT2D eigenvalue weighted by Crippen LogP contribution is -2.48. The first kappa shape index (κ1) is 18.7. The predicted octanol–water partition coefficient (Wildman–Crippen LogP) is 2.35. The number of benzene rings is 1. The van der Waals surface area contributed by atoms with Gasteiger partial charge in [0.1, 0.15) is 30.3 Å². The number of halogens is 1. The fourth-order valence-electron chi connectivity index (χ4n) is 4.69. The number of cyclic esters (lactones) is 1. The second-order valence-corrected chi connectivity index (χ2v) is 8.72.